The monoisotopic (exact) mass is 883 g/mol. The van der Waals surface area contributed by atoms with E-state index in [2.05, 4.69) is 24.5 Å². The van der Waals surface area contributed by atoms with Crippen molar-refractivity contribution in [3.05, 3.63) is 35.4 Å². The predicted molar refractivity (Wildman–Crippen MR) is 239 cm³/mol. The van der Waals surface area contributed by atoms with Gasteiger partial charge in [0, 0.05) is 31.3 Å². The lowest BCUT2D eigenvalue weighted by Gasteiger charge is -2.18. The average Bonchev–Trinajstić information content (AvgIpc) is 4.21. The van der Waals surface area contributed by atoms with Crippen molar-refractivity contribution in [1.82, 2.24) is 10.6 Å². The Kier molecular flexibility index (Phi) is 20.7. The molecule has 0 bridgehead atoms. The van der Waals surface area contributed by atoms with Crippen LogP contribution in [0.25, 0.3) is 0 Å². The molecule has 0 aromatic heterocycles. The maximum Gasteiger partial charge on any atom is 0.338 e. The molecule has 6 fully saturated rings. The molecule has 3 saturated heterocycles. The summed E-state index contributed by atoms with van der Waals surface area (Å²) in [5.74, 6) is 1.54. The normalized spacial score (nSPS) is 28.4. The van der Waals surface area contributed by atoms with E-state index < -0.39 is 0 Å². The molecule has 12 atom stereocenters. The van der Waals surface area contributed by atoms with Crippen LogP contribution in [0.2, 0.25) is 0 Å². The van der Waals surface area contributed by atoms with Crippen LogP contribution in [0.4, 0.5) is 0 Å². The van der Waals surface area contributed by atoms with Crippen molar-refractivity contribution in [1.29, 1.82) is 0 Å². The number of hydrogen-bond donors (Lipinski definition) is 2. The van der Waals surface area contributed by atoms with E-state index in [-0.39, 0.29) is 48.0 Å². The van der Waals surface area contributed by atoms with Gasteiger partial charge in [-0.3, -0.25) is 19.2 Å². The van der Waals surface area contributed by atoms with E-state index in [0.29, 0.717) is 105 Å². The molecule has 2 amide bonds. The zero-order valence-corrected chi connectivity index (χ0v) is 39.1. The number of hydrogen-bond acceptors (Lipinski definition) is 11. The molecule has 6 aliphatic rings. The quantitative estimate of drug-likeness (QED) is 0.0530. The van der Waals surface area contributed by atoms with Crippen molar-refractivity contribution in [2.45, 2.75) is 187 Å². The molecule has 3 heterocycles. The molecule has 2 N–H and O–H groups in total. The highest BCUT2D eigenvalue weighted by Crippen LogP contribution is 2.41. The van der Waals surface area contributed by atoms with Gasteiger partial charge in [0.1, 0.15) is 0 Å². The number of esters is 3. The highest BCUT2D eigenvalue weighted by molar-refractivity contribution is 5.89. The lowest BCUT2D eigenvalue weighted by atomic mass is 9.90. The maximum atomic E-state index is 12.1. The van der Waals surface area contributed by atoms with Crippen LogP contribution in [-0.2, 0) is 47.6 Å². The summed E-state index contributed by atoms with van der Waals surface area (Å²) >= 11 is 0. The summed E-state index contributed by atoms with van der Waals surface area (Å²) in [6, 6.07) is 7.83. The molecule has 63 heavy (non-hydrogen) atoms. The Labute approximate surface area is 376 Å². The number of nitrogens with one attached hydrogen (secondary N) is 2. The van der Waals surface area contributed by atoms with E-state index in [1.54, 1.807) is 0 Å². The summed E-state index contributed by atoms with van der Waals surface area (Å²) in [6.07, 6.45) is 17.6. The summed E-state index contributed by atoms with van der Waals surface area (Å²) in [5.41, 5.74) is 1.93. The maximum absolute atomic E-state index is 12.1. The van der Waals surface area contributed by atoms with Gasteiger partial charge in [-0.25, -0.2) is 4.79 Å². The molecular formula is C50H78N2O11. The van der Waals surface area contributed by atoms with Gasteiger partial charge in [0.15, 0.2) is 0 Å². The van der Waals surface area contributed by atoms with Crippen molar-refractivity contribution in [2.75, 3.05) is 32.9 Å². The summed E-state index contributed by atoms with van der Waals surface area (Å²) in [4.78, 5) is 58.4. The van der Waals surface area contributed by atoms with Crippen molar-refractivity contribution in [3.63, 3.8) is 0 Å². The average molecular weight is 883 g/mol. The SMILES string of the molecule is CCC(C)C(=O)NCCC(=O)OCC1CCC2OC2C1.CCC(C)C(=O)NCCCCC(=O)OCC1CCC2OC2C1.CCC(C)c1ccc(C(=O)OCC2CCC3OC3C2)cc1. The zero-order valence-electron chi connectivity index (χ0n) is 39.1. The first-order chi connectivity index (χ1) is 30.4. The molecule has 3 aliphatic heterocycles. The van der Waals surface area contributed by atoms with Crippen LogP contribution in [0, 0.1) is 29.6 Å². The second kappa shape index (κ2) is 25.8. The smallest absolute Gasteiger partial charge is 0.338 e. The van der Waals surface area contributed by atoms with Crippen molar-refractivity contribution in [2.24, 2.45) is 29.6 Å². The molecule has 3 saturated carbocycles. The number of carbonyl (C=O) groups is 5. The molecular weight excluding hydrogens is 805 g/mol. The van der Waals surface area contributed by atoms with Crippen molar-refractivity contribution >= 4 is 29.7 Å². The third-order valence-electron chi connectivity index (χ3n) is 13.9. The Morgan fingerprint density at radius 3 is 1.44 bits per heavy atom. The first kappa shape index (κ1) is 50.4. The second-order valence-corrected chi connectivity index (χ2v) is 19.0. The summed E-state index contributed by atoms with van der Waals surface area (Å²) in [6.45, 7) is 14.7. The second-order valence-electron chi connectivity index (χ2n) is 19.0. The minimum atomic E-state index is -0.228. The van der Waals surface area contributed by atoms with Gasteiger partial charge >= 0.3 is 17.9 Å². The standard InChI is InChI=1S/C18H24O3.C17H29NO4.C15H25NO4/c1-3-12(2)14-5-7-15(8-6-14)18(19)20-11-13-4-9-16-17(10-13)21-16;1-3-12(2)17(20)18-9-5-4-6-16(19)21-11-13-7-8-14-15(10-13)22-14;1-3-10(2)15(18)16-7-6-14(17)19-9-11-4-5-12-13(8-11)20-12/h5-8,12-13,16-17H,3-4,9-11H2,1-2H3;12-15H,3-11H2,1-2H3,(H,18,20);10-13H,3-9H2,1-2H3,(H,16,18). The Balaban J connectivity index is 0.000000178. The number of unbranched alkanes of at least 4 members (excludes halogenated alkanes) is 1. The number of carbonyl (C=O) groups excluding carboxylic acids is 5. The van der Waals surface area contributed by atoms with E-state index >= 15 is 0 Å². The lowest BCUT2D eigenvalue weighted by Crippen LogP contribution is -2.31. The lowest BCUT2D eigenvalue weighted by molar-refractivity contribution is -0.146. The molecule has 0 radical (unpaired) electrons. The summed E-state index contributed by atoms with van der Waals surface area (Å²) in [7, 11) is 0. The van der Waals surface area contributed by atoms with Crippen LogP contribution in [-0.4, -0.2) is 99.3 Å². The van der Waals surface area contributed by atoms with E-state index in [0.717, 1.165) is 89.9 Å². The first-order valence-corrected chi connectivity index (χ1v) is 24.5. The molecule has 1 aromatic rings. The van der Waals surface area contributed by atoms with Gasteiger partial charge in [-0.15, -0.1) is 0 Å². The van der Waals surface area contributed by atoms with Crippen molar-refractivity contribution < 1.29 is 52.4 Å². The van der Waals surface area contributed by atoms with E-state index in [4.69, 9.17) is 28.4 Å². The highest BCUT2D eigenvalue weighted by atomic mass is 16.6. The topological polar surface area (TPSA) is 175 Å². The Hall–Kier alpha value is -3.55. The van der Waals surface area contributed by atoms with Gasteiger partial charge in [0.05, 0.1) is 68.4 Å². The van der Waals surface area contributed by atoms with Gasteiger partial charge in [-0.2, -0.15) is 0 Å². The molecule has 13 nitrogen and oxygen atoms in total. The van der Waals surface area contributed by atoms with Crippen LogP contribution in [0.1, 0.15) is 166 Å². The Morgan fingerprint density at radius 1 is 0.556 bits per heavy atom. The molecule has 13 heteroatoms. The van der Waals surface area contributed by atoms with Crippen LogP contribution in [0.5, 0.6) is 0 Å². The highest BCUT2D eigenvalue weighted by Gasteiger charge is 2.45. The minimum Gasteiger partial charge on any atom is -0.465 e. The summed E-state index contributed by atoms with van der Waals surface area (Å²) < 4.78 is 32.5. The number of benzene rings is 1. The third kappa shape index (κ3) is 17.7. The number of amides is 2. The largest absolute Gasteiger partial charge is 0.465 e. The van der Waals surface area contributed by atoms with Gasteiger partial charge in [-0.1, -0.05) is 53.7 Å². The number of fused-ring (bicyclic) bond motifs is 3. The fraction of sp³-hybridized carbons (Fsp3) is 0.780. The van der Waals surface area contributed by atoms with Crippen LogP contribution in [0.15, 0.2) is 24.3 Å². The van der Waals surface area contributed by atoms with Crippen LogP contribution < -0.4 is 10.6 Å². The van der Waals surface area contributed by atoms with Gasteiger partial charge in [0.2, 0.25) is 11.8 Å². The molecule has 354 valence electrons. The van der Waals surface area contributed by atoms with Crippen LogP contribution in [0.3, 0.4) is 0 Å². The molecule has 3 aliphatic carbocycles. The van der Waals surface area contributed by atoms with Gasteiger partial charge in [0.25, 0.3) is 0 Å². The minimum absolute atomic E-state index is 0.000234. The zero-order chi connectivity index (χ0) is 45.3. The fourth-order valence-electron chi connectivity index (χ4n) is 8.55. The molecule has 0 spiro atoms. The van der Waals surface area contributed by atoms with E-state index in [1.165, 1.54) is 5.56 Å². The van der Waals surface area contributed by atoms with Gasteiger partial charge in [-0.05, 0) is 131 Å². The fourth-order valence-corrected chi connectivity index (χ4v) is 8.55. The molecule has 12 unspecified atom stereocenters. The Morgan fingerprint density at radius 2 is 1.00 bits per heavy atom. The molecule has 7 rings (SSSR count). The predicted octanol–water partition coefficient (Wildman–Crippen LogP) is 8.00. The summed E-state index contributed by atoms with van der Waals surface area (Å²) in [5, 5.41) is 5.65. The third-order valence-corrected chi connectivity index (χ3v) is 13.9. The first-order valence-electron chi connectivity index (χ1n) is 24.5. The van der Waals surface area contributed by atoms with E-state index in [1.807, 2.05) is 52.0 Å². The number of ether oxygens (including phenoxy) is 6. The Bertz CT molecular complexity index is 1600. The van der Waals surface area contributed by atoms with E-state index in [9.17, 15) is 24.0 Å². The number of epoxide rings is 3. The van der Waals surface area contributed by atoms with Crippen molar-refractivity contribution in [3.8, 4) is 0 Å². The van der Waals surface area contributed by atoms with Gasteiger partial charge < -0.3 is 39.1 Å². The van der Waals surface area contributed by atoms with Crippen LogP contribution >= 0.6 is 0 Å². The number of rotatable bonds is 21. The molecule has 1 aromatic carbocycles.